The maximum atomic E-state index is 12.5. The molecule has 0 radical (unpaired) electrons. The first kappa shape index (κ1) is 72.1. The molecule has 0 aromatic carbocycles. The monoisotopic (exact) mass is 1030 g/mol. The molecule has 74 heavy (non-hydrogen) atoms. The average molecular weight is 1030 g/mol. The molecule has 0 aliphatic carbocycles. The molecule has 0 aliphatic rings. The molecule has 0 saturated carbocycles. The number of hydrogen-bond donors (Lipinski definition) is 3. The number of carbonyl (C=O) groups is 1. The summed E-state index contributed by atoms with van der Waals surface area (Å²) in [6.07, 6.45) is 93.0. The third kappa shape index (κ3) is 60.9. The number of aliphatic hydroxyl groups excluding tert-OH is 2. The van der Waals surface area contributed by atoms with Gasteiger partial charge in [0.05, 0.1) is 18.8 Å². The second-order valence-corrected chi connectivity index (χ2v) is 22.9. The Bertz CT molecular complexity index is 1220. The van der Waals surface area contributed by atoms with E-state index in [9.17, 15) is 15.0 Å². The van der Waals surface area contributed by atoms with Crippen LogP contribution in [-0.2, 0) is 4.79 Å². The summed E-state index contributed by atoms with van der Waals surface area (Å²) in [6, 6.07) is -0.648. The topological polar surface area (TPSA) is 69.6 Å². The molecule has 2 atom stereocenters. The lowest BCUT2D eigenvalue weighted by Gasteiger charge is -2.19. The van der Waals surface area contributed by atoms with Crippen molar-refractivity contribution in [2.45, 2.75) is 373 Å². The van der Waals surface area contributed by atoms with E-state index >= 15 is 0 Å². The van der Waals surface area contributed by atoms with Crippen LogP contribution in [0, 0.1) is 0 Å². The van der Waals surface area contributed by atoms with Gasteiger partial charge in [-0.2, -0.15) is 0 Å². The van der Waals surface area contributed by atoms with Crippen LogP contribution in [0.4, 0.5) is 0 Å². The summed E-state index contributed by atoms with van der Waals surface area (Å²) in [5.74, 6) is -0.0729. The van der Waals surface area contributed by atoms with Gasteiger partial charge in [0.15, 0.2) is 0 Å². The summed E-state index contributed by atoms with van der Waals surface area (Å²) in [6.45, 7) is 4.32. The highest BCUT2D eigenvalue weighted by Gasteiger charge is 2.18. The smallest absolute Gasteiger partial charge is 0.220 e. The van der Waals surface area contributed by atoms with Crippen molar-refractivity contribution in [2.24, 2.45) is 0 Å². The minimum atomic E-state index is -0.873. The van der Waals surface area contributed by atoms with Gasteiger partial charge in [-0.1, -0.05) is 338 Å². The van der Waals surface area contributed by atoms with E-state index in [1.54, 1.807) is 6.08 Å². The summed E-state index contributed by atoms with van der Waals surface area (Å²) in [5, 5.41) is 23.2. The molecular weight excluding hydrogens is 903 g/mol. The molecule has 0 bridgehead atoms. The summed E-state index contributed by atoms with van der Waals surface area (Å²) >= 11 is 0. The van der Waals surface area contributed by atoms with Gasteiger partial charge in [-0.3, -0.25) is 4.79 Å². The van der Waals surface area contributed by atoms with Gasteiger partial charge in [-0.05, 0) is 77.0 Å². The zero-order valence-corrected chi connectivity index (χ0v) is 50.1. The Hall–Kier alpha value is -1.91. The normalized spacial score (nSPS) is 13.1. The average Bonchev–Trinajstić information content (AvgIpc) is 3.40. The van der Waals surface area contributed by atoms with E-state index in [-0.39, 0.29) is 12.5 Å². The molecular formula is C70H131NO3. The number of carbonyl (C=O) groups excluding carboxylic acids is 1. The van der Waals surface area contributed by atoms with Gasteiger partial charge in [-0.25, -0.2) is 0 Å². The molecule has 0 spiro atoms. The first-order chi connectivity index (χ1) is 36.7. The fourth-order valence-electron chi connectivity index (χ4n) is 10.4. The molecule has 3 N–H and O–H groups in total. The Kier molecular flexibility index (Phi) is 63.7. The third-order valence-electron chi connectivity index (χ3n) is 15.5. The predicted octanol–water partition coefficient (Wildman–Crippen LogP) is 22.7. The van der Waals surface area contributed by atoms with Gasteiger partial charge in [-0.15, -0.1) is 0 Å². The number of nitrogens with one attached hydrogen (secondary N) is 1. The molecule has 0 aromatic rings. The highest BCUT2D eigenvalue weighted by molar-refractivity contribution is 5.76. The fraction of sp³-hybridized carbons (Fsp3) is 0.843. The first-order valence-corrected chi connectivity index (χ1v) is 33.5. The summed E-state index contributed by atoms with van der Waals surface area (Å²) in [7, 11) is 0. The van der Waals surface area contributed by atoms with Crippen molar-refractivity contribution in [3.8, 4) is 0 Å². The van der Waals surface area contributed by atoms with E-state index < -0.39 is 12.1 Å². The lowest BCUT2D eigenvalue weighted by molar-refractivity contribution is -0.123. The zero-order chi connectivity index (χ0) is 53.4. The van der Waals surface area contributed by atoms with Crippen LogP contribution in [0.25, 0.3) is 0 Å². The molecule has 0 aliphatic heterocycles. The van der Waals surface area contributed by atoms with Crippen LogP contribution in [0.1, 0.15) is 361 Å². The lowest BCUT2D eigenvalue weighted by Crippen LogP contribution is -2.45. The summed E-state index contributed by atoms with van der Waals surface area (Å²) in [4.78, 5) is 12.5. The van der Waals surface area contributed by atoms with Gasteiger partial charge >= 0.3 is 0 Å². The lowest BCUT2D eigenvalue weighted by atomic mass is 10.0. The Balaban J connectivity index is 3.50. The van der Waals surface area contributed by atoms with Crippen molar-refractivity contribution in [1.82, 2.24) is 5.32 Å². The van der Waals surface area contributed by atoms with Crippen molar-refractivity contribution in [3.05, 3.63) is 60.8 Å². The number of allylic oxidation sites excluding steroid dienone is 9. The highest BCUT2D eigenvalue weighted by atomic mass is 16.3. The number of aliphatic hydroxyl groups is 2. The maximum Gasteiger partial charge on any atom is 0.220 e. The van der Waals surface area contributed by atoms with Crippen LogP contribution < -0.4 is 5.32 Å². The Labute approximate surface area is 464 Å². The van der Waals surface area contributed by atoms with Crippen LogP contribution >= 0.6 is 0 Å². The first-order valence-electron chi connectivity index (χ1n) is 33.5. The summed E-state index contributed by atoms with van der Waals surface area (Å²) in [5.41, 5.74) is 0. The molecule has 2 unspecified atom stereocenters. The second-order valence-electron chi connectivity index (χ2n) is 22.9. The molecule has 0 heterocycles. The Morgan fingerprint density at radius 3 is 0.865 bits per heavy atom. The standard InChI is InChI=1S/C70H131NO3/c1-3-5-7-9-11-13-15-17-19-21-23-25-27-29-31-33-35-37-39-41-43-45-47-49-51-53-55-57-59-61-63-65-69(73)68(67-72)71-70(74)66-64-62-60-58-56-54-52-50-48-46-44-42-40-38-36-34-32-30-28-26-24-22-20-18-16-14-12-10-8-6-4-2/h16,18,22,24,47,49,55,57,63,65,68-69,72-73H,3-15,17,19-21,23,25-46,48,50-54,56,58-62,64,66-67H2,1-2H3,(H,71,74)/b18-16-,24-22-,49-47+,57-55+,65-63+. The molecule has 0 saturated heterocycles. The fourth-order valence-corrected chi connectivity index (χ4v) is 10.4. The van der Waals surface area contributed by atoms with Crippen LogP contribution in [0.2, 0.25) is 0 Å². The van der Waals surface area contributed by atoms with Gasteiger partial charge in [0.25, 0.3) is 0 Å². The molecule has 4 nitrogen and oxygen atoms in total. The predicted molar refractivity (Wildman–Crippen MR) is 331 cm³/mol. The van der Waals surface area contributed by atoms with E-state index in [0.29, 0.717) is 6.42 Å². The van der Waals surface area contributed by atoms with Crippen molar-refractivity contribution >= 4 is 5.91 Å². The Morgan fingerprint density at radius 2 is 0.568 bits per heavy atom. The molecule has 434 valence electrons. The molecule has 0 rings (SSSR count). The number of rotatable bonds is 62. The van der Waals surface area contributed by atoms with Gasteiger partial charge in [0, 0.05) is 6.42 Å². The van der Waals surface area contributed by atoms with E-state index in [1.165, 1.54) is 295 Å². The van der Waals surface area contributed by atoms with Crippen LogP contribution in [0.5, 0.6) is 0 Å². The molecule has 4 heteroatoms. The van der Waals surface area contributed by atoms with Gasteiger partial charge in [0.2, 0.25) is 5.91 Å². The summed E-state index contributed by atoms with van der Waals surface area (Å²) < 4.78 is 0. The van der Waals surface area contributed by atoms with Crippen molar-refractivity contribution in [2.75, 3.05) is 6.61 Å². The minimum Gasteiger partial charge on any atom is -0.394 e. The number of amides is 1. The van der Waals surface area contributed by atoms with E-state index in [2.05, 4.69) is 67.8 Å². The molecule has 0 aromatic heterocycles. The number of unbranched alkanes of at least 4 members (excludes halogenated alkanes) is 47. The van der Waals surface area contributed by atoms with Crippen LogP contribution in [0.3, 0.4) is 0 Å². The highest BCUT2D eigenvalue weighted by Crippen LogP contribution is 2.18. The largest absolute Gasteiger partial charge is 0.394 e. The van der Waals surface area contributed by atoms with Gasteiger partial charge in [0.1, 0.15) is 0 Å². The van der Waals surface area contributed by atoms with Crippen LogP contribution in [0.15, 0.2) is 60.8 Å². The SMILES string of the molecule is CCCCCCC/C=C\C/C=C\CCCCCCCCCCCCCCCCCCCCCC(=O)NC(CO)C(O)/C=C/CC/C=C/CC/C=C/CCCCCCCCCCCCCCCCCCCCCCC. The van der Waals surface area contributed by atoms with Crippen LogP contribution in [-0.4, -0.2) is 34.9 Å². The van der Waals surface area contributed by atoms with Crippen molar-refractivity contribution in [1.29, 1.82) is 0 Å². The molecule has 1 amide bonds. The second kappa shape index (κ2) is 65.4. The maximum absolute atomic E-state index is 12.5. The molecule has 0 fully saturated rings. The third-order valence-corrected chi connectivity index (χ3v) is 15.5. The van der Waals surface area contributed by atoms with E-state index in [4.69, 9.17) is 0 Å². The zero-order valence-electron chi connectivity index (χ0n) is 50.1. The van der Waals surface area contributed by atoms with Crippen molar-refractivity contribution < 1.29 is 15.0 Å². The number of hydrogen-bond acceptors (Lipinski definition) is 3. The Morgan fingerprint density at radius 1 is 0.324 bits per heavy atom. The van der Waals surface area contributed by atoms with Gasteiger partial charge < -0.3 is 15.5 Å². The quantitative estimate of drug-likeness (QED) is 0.0420. The minimum absolute atomic E-state index is 0.0729. The van der Waals surface area contributed by atoms with E-state index in [0.717, 1.165) is 44.9 Å². The van der Waals surface area contributed by atoms with Crippen molar-refractivity contribution in [3.63, 3.8) is 0 Å². The van der Waals surface area contributed by atoms with E-state index in [1.807, 2.05) is 6.08 Å².